The number of aryl methyl sites for hydroxylation is 3. The number of nitrogens with two attached hydrogens (primary N) is 1. The monoisotopic (exact) mass is 269 g/mol. The Morgan fingerprint density at radius 2 is 1.95 bits per heavy atom. The second kappa shape index (κ2) is 4.49. The van der Waals surface area contributed by atoms with Gasteiger partial charge in [-0.25, -0.2) is 4.98 Å². The second-order valence-corrected chi connectivity index (χ2v) is 5.24. The Morgan fingerprint density at radius 3 is 2.55 bits per heavy atom. The maximum Gasteiger partial charge on any atom is 0.144 e. The third-order valence-corrected chi connectivity index (χ3v) is 3.97. The third-order valence-electron chi connectivity index (χ3n) is 3.97. The standard InChI is InChI=1S/C16H19N3O/c1-9-10(2)20-11(3)15(9)16-18-13-7-12(8-17)5-6-14(13)19(16)4/h5-7H,8,17H2,1-4H3. The van der Waals surface area contributed by atoms with Crippen molar-refractivity contribution in [2.45, 2.75) is 27.3 Å². The van der Waals surface area contributed by atoms with E-state index in [1.165, 1.54) is 0 Å². The minimum absolute atomic E-state index is 0.532. The van der Waals surface area contributed by atoms with Gasteiger partial charge in [-0.3, -0.25) is 0 Å². The number of rotatable bonds is 2. The van der Waals surface area contributed by atoms with Crippen molar-refractivity contribution in [3.8, 4) is 11.4 Å². The zero-order valence-corrected chi connectivity index (χ0v) is 12.3. The first-order valence-corrected chi connectivity index (χ1v) is 6.75. The fourth-order valence-corrected chi connectivity index (χ4v) is 2.72. The van der Waals surface area contributed by atoms with Gasteiger partial charge in [0.15, 0.2) is 0 Å². The topological polar surface area (TPSA) is 57.0 Å². The number of hydrogen-bond donors (Lipinski definition) is 1. The van der Waals surface area contributed by atoms with E-state index in [0.29, 0.717) is 6.54 Å². The molecule has 20 heavy (non-hydrogen) atoms. The van der Waals surface area contributed by atoms with Gasteiger partial charge in [-0.15, -0.1) is 0 Å². The summed E-state index contributed by atoms with van der Waals surface area (Å²) in [5.41, 5.74) is 11.1. The van der Waals surface area contributed by atoms with Crippen LogP contribution in [0.5, 0.6) is 0 Å². The first-order chi connectivity index (χ1) is 9.52. The molecule has 2 N–H and O–H groups in total. The number of aromatic nitrogens is 2. The molecule has 4 nitrogen and oxygen atoms in total. The van der Waals surface area contributed by atoms with Crippen LogP contribution < -0.4 is 5.73 Å². The summed E-state index contributed by atoms with van der Waals surface area (Å²) in [6.07, 6.45) is 0. The molecule has 0 unspecified atom stereocenters. The van der Waals surface area contributed by atoms with Crippen molar-refractivity contribution in [3.63, 3.8) is 0 Å². The average molecular weight is 269 g/mol. The second-order valence-electron chi connectivity index (χ2n) is 5.24. The smallest absolute Gasteiger partial charge is 0.144 e. The Balaban J connectivity index is 2.29. The predicted molar refractivity (Wildman–Crippen MR) is 80.5 cm³/mol. The van der Waals surface area contributed by atoms with Crippen molar-refractivity contribution >= 4 is 11.0 Å². The molecule has 1 aromatic carbocycles. The van der Waals surface area contributed by atoms with Crippen LogP contribution in [0.3, 0.4) is 0 Å². The number of benzene rings is 1. The fraction of sp³-hybridized carbons (Fsp3) is 0.312. The van der Waals surface area contributed by atoms with E-state index in [2.05, 4.69) is 23.6 Å². The quantitative estimate of drug-likeness (QED) is 0.777. The minimum atomic E-state index is 0.532. The maximum atomic E-state index is 5.72. The van der Waals surface area contributed by atoms with E-state index < -0.39 is 0 Å². The van der Waals surface area contributed by atoms with Gasteiger partial charge in [0.05, 0.1) is 16.6 Å². The molecule has 0 radical (unpaired) electrons. The first-order valence-electron chi connectivity index (χ1n) is 6.75. The molecule has 3 rings (SSSR count). The largest absolute Gasteiger partial charge is 0.466 e. The van der Waals surface area contributed by atoms with Crippen molar-refractivity contribution in [3.05, 3.63) is 40.8 Å². The fourth-order valence-electron chi connectivity index (χ4n) is 2.72. The Kier molecular flexibility index (Phi) is 2.91. The molecule has 0 aliphatic heterocycles. The number of fused-ring (bicyclic) bond motifs is 1. The van der Waals surface area contributed by atoms with E-state index in [4.69, 9.17) is 15.1 Å². The molecule has 3 aromatic rings. The summed E-state index contributed by atoms with van der Waals surface area (Å²) >= 11 is 0. The van der Waals surface area contributed by atoms with Gasteiger partial charge in [0.1, 0.15) is 17.3 Å². The molecule has 0 aliphatic carbocycles. The lowest BCUT2D eigenvalue weighted by Gasteiger charge is -2.02. The molecule has 0 saturated heterocycles. The van der Waals surface area contributed by atoms with E-state index in [-0.39, 0.29) is 0 Å². The summed E-state index contributed by atoms with van der Waals surface area (Å²) in [7, 11) is 2.04. The number of imidazole rings is 1. The number of furan rings is 1. The van der Waals surface area contributed by atoms with E-state index in [9.17, 15) is 0 Å². The lowest BCUT2D eigenvalue weighted by atomic mass is 10.1. The van der Waals surface area contributed by atoms with E-state index in [0.717, 1.165) is 45.1 Å². The van der Waals surface area contributed by atoms with Crippen LogP contribution in [0.4, 0.5) is 0 Å². The summed E-state index contributed by atoms with van der Waals surface area (Å²) in [6, 6.07) is 6.18. The van der Waals surface area contributed by atoms with E-state index >= 15 is 0 Å². The molecule has 2 aromatic heterocycles. The third kappa shape index (κ3) is 1.76. The maximum absolute atomic E-state index is 5.72. The van der Waals surface area contributed by atoms with Crippen LogP contribution in [0.1, 0.15) is 22.6 Å². The highest BCUT2D eigenvalue weighted by Crippen LogP contribution is 2.32. The van der Waals surface area contributed by atoms with Crippen LogP contribution in [0.2, 0.25) is 0 Å². The molecule has 0 spiro atoms. The Morgan fingerprint density at radius 1 is 1.20 bits per heavy atom. The van der Waals surface area contributed by atoms with Gasteiger partial charge >= 0.3 is 0 Å². The summed E-state index contributed by atoms with van der Waals surface area (Å²) < 4.78 is 7.83. The molecule has 0 aliphatic rings. The van der Waals surface area contributed by atoms with Gasteiger partial charge in [-0.1, -0.05) is 6.07 Å². The SMILES string of the molecule is Cc1oc(C)c(-c2nc3cc(CN)ccc3n2C)c1C. The van der Waals surface area contributed by atoms with Gasteiger partial charge in [0.2, 0.25) is 0 Å². The van der Waals surface area contributed by atoms with Crippen molar-refractivity contribution in [2.75, 3.05) is 0 Å². The van der Waals surface area contributed by atoms with E-state index in [1.54, 1.807) is 0 Å². The Bertz CT molecular complexity index is 796. The first kappa shape index (κ1) is 12.9. The van der Waals surface area contributed by atoms with E-state index in [1.807, 2.05) is 27.0 Å². The van der Waals surface area contributed by atoms with Crippen LogP contribution in [0.15, 0.2) is 22.6 Å². The Hall–Kier alpha value is -2.07. The molecule has 0 fully saturated rings. The van der Waals surface area contributed by atoms with Crippen LogP contribution in [-0.2, 0) is 13.6 Å². The van der Waals surface area contributed by atoms with Crippen LogP contribution >= 0.6 is 0 Å². The highest BCUT2D eigenvalue weighted by molar-refractivity contribution is 5.82. The lowest BCUT2D eigenvalue weighted by molar-refractivity contribution is 0.503. The predicted octanol–water partition coefficient (Wildman–Crippen LogP) is 3.22. The summed E-state index contributed by atoms with van der Waals surface area (Å²) in [6.45, 7) is 6.58. The number of nitrogens with zero attached hydrogens (tertiary/aromatic N) is 2. The molecule has 2 heterocycles. The molecule has 104 valence electrons. The van der Waals surface area contributed by atoms with Gasteiger partial charge in [0.25, 0.3) is 0 Å². The van der Waals surface area contributed by atoms with Gasteiger partial charge in [-0.05, 0) is 38.5 Å². The average Bonchev–Trinajstić information content (AvgIpc) is 2.87. The number of hydrogen-bond acceptors (Lipinski definition) is 3. The Labute approximate surface area is 118 Å². The van der Waals surface area contributed by atoms with Gasteiger partial charge < -0.3 is 14.7 Å². The summed E-state index contributed by atoms with van der Waals surface area (Å²) in [5, 5.41) is 0. The zero-order chi connectivity index (χ0) is 14.4. The molecule has 0 atom stereocenters. The molecular formula is C16H19N3O. The zero-order valence-electron chi connectivity index (χ0n) is 12.3. The normalized spacial score (nSPS) is 11.4. The molecule has 0 saturated carbocycles. The lowest BCUT2D eigenvalue weighted by Crippen LogP contribution is -1.96. The van der Waals surface area contributed by atoms with Crippen molar-refractivity contribution < 1.29 is 4.42 Å². The van der Waals surface area contributed by atoms with Crippen molar-refractivity contribution in [1.29, 1.82) is 0 Å². The molecule has 0 bridgehead atoms. The molecule has 0 amide bonds. The van der Waals surface area contributed by atoms with Crippen molar-refractivity contribution in [1.82, 2.24) is 9.55 Å². The molecular weight excluding hydrogens is 250 g/mol. The highest BCUT2D eigenvalue weighted by Gasteiger charge is 2.18. The van der Waals surface area contributed by atoms with Gasteiger partial charge in [0, 0.05) is 19.2 Å². The molecule has 4 heteroatoms. The highest BCUT2D eigenvalue weighted by atomic mass is 16.3. The van der Waals surface area contributed by atoms with Crippen LogP contribution in [-0.4, -0.2) is 9.55 Å². The van der Waals surface area contributed by atoms with Crippen molar-refractivity contribution in [2.24, 2.45) is 12.8 Å². The van der Waals surface area contributed by atoms with Crippen LogP contribution in [0, 0.1) is 20.8 Å². The summed E-state index contributed by atoms with van der Waals surface area (Å²) in [4.78, 5) is 4.77. The summed E-state index contributed by atoms with van der Waals surface area (Å²) in [5.74, 6) is 2.81. The van der Waals surface area contributed by atoms with Crippen LogP contribution in [0.25, 0.3) is 22.4 Å². The van der Waals surface area contributed by atoms with Gasteiger partial charge in [-0.2, -0.15) is 0 Å². The minimum Gasteiger partial charge on any atom is -0.466 e.